The number of hydrogen-bond acceptors (Lipinski definition) is 3. The number of aromatic nitrogens is 2. The van der Waals surface area contributed by atoms with Crippen LogP contribution in [0.5, 0.6) is 5.75 Å². The molecule has 0 spiro atoms. The van der Waals surface area contributed by atoms with Crippen molar-refractivity contribution in [3.8, 4) is 22.7 Å². The molecule has 1 fully saturated rings. The summed E-state index contributed by atoms with van der Waals surface area (Å²) in [6.45, 7) is 2.22. The second-order valence-electron chi connectivity index (χ2n) is 7.74. The summed E-state index contributed by atoms with van der Waals surface area (Å²) in [4.78, 5) is 13.2. The summed E-state index contributed by atoms with van der Waals surface area (Å²) < 4.78 is 7.04. The summed E-state index contributed by atoms with van der Waals surface area (Å²) in [6, 6.07) is 17.7. The van der Waals surface area contributed by atoms with Crippen LogP contribution in [0.3, 0.4) is 0 Å². The van der Waals surface area contributed by atoms with E-state index in [0.717, 1.165) is 23.4 Å². The van der Waals surface area contributed by atoms with Crippen LogP contribution < -0.4 is 10.1 Å². The Kier molecular flexibility index (Phi) is 5.65. The van der Waals surface area contributed by atoms with E-state index in [1.807, 2.05) is 60.8 Å². The smallest absolute Gasteiger partial charge is 0.255 e. The molecule has 150 valence electrons. The van der Waals surface area contributed by atoms with Crippen LogP contribution in [-0.2, 0) is 0 Å². The van der Waals surface area contributed by atoms with Crippen LogP contribution in [0.1, 0.15) is 43.0 Å². The molecule has 4 rings (SSSR count). The molecule has 2 atom stereocenters. The van der Waals surface area contributed by atoms with Crippen LogP contribution in [0.25, 0.3) is 16.9 Å². The molecule has 1 N–H and O–H groups in total. The zero-order chi connectivity index (χ0) is 20.2. The minimum absolute atomic E-state index is 0.0586. The molecular formula is C24H27N3O2. The van der Waals surface area contributed by atoms with Crippen molar-refractivity contribution in [2.24, 2.45) is 5.92 Å². The number of ether oxygens (including phenoxy) is 1. The highest BCUT2D eigenvalue weighted by molar-refractivity contribution is 6.00. The lowest BCUT2D eigenvalue weighted by Crippen LogP contribution is -2.41. The molecule has 1 aromatic heterocycles. The molecule has 29 heavy (non-hydrogen) atoms. The largest absolute Gasteiger partial charge is 0.497 e. The quantitative estimate of drug-likeness (QED) is 0.678. The van der Waals surface area contributed by atoms with Crippen molar-refractivity contribution in [2.75, 3.05) is 7.11 Å². The molecule has 1 heterocycles. The Morgan fingerprint density at radius 3 is 2.48 bits per heavy atom. The Morgan fingerprint density at radius 1 is 1.07 bits per heavy atom. The third-order valence-corrected chi connectivity index (χ3v) is 5.77. The fourth-order valence-electron chi connectivity index (χ4n) is 3.99. The molecule has 1 amide bonds. The first-order valence-electron chi connectivity index (χ1n) is 10.3. The summed E-state index contributed by atoms with van der Waals surface area (Å²) >= 11 is 0. The molecule has 5 heteroatoms. The van der Waals surface area contributed by atoms with Crippen LogP contribution in [-0.4, -0.2) is 28.8 Å². The molecule has 0 radical (unpaired) electrons. The van der Waals surface area contributed by atoms with E-state index in [1.54, 1.807) is 11.8 Å². The first kappa shape index (κ1) is 19.2. The van der Waals surface area contributed by atoms with Crippen molar-refractivity contribution >= 4 is 5.91 Å². The van der Waals surface area contributed by atoms with Crippen LogP contribution in [0.15, 0.2) is 60.8 Å². The Morgan fingerprint density at radius 2 is 1.79 bits per heavy atom. The van der Waals surface area contributed by atoms with E-state index >= 15 is 0 Å². The highest BCUT2D eigenvalue weighted by Gasteiger charge is 2.26. The van der Waals surface area contributed by atoms with E-state index in [2.05, 4.69) is 12.2 Å². The standard InChI is InChI=1S/C24H27N3O2/c1-17-8-6-7-11-22(17)25-24(28)21-16-27(19-9-4-3-5-10-19)26-23(21)18-12-14-20(29-2)15-13-18/h3-5,9-10,12-17,22H,6-8,11H2,1-2H3,(H,25,28)/t17-,22+/m0/s1. The van der Waals surface area contributed by atoms with Gasteiger partial charge in [0.1, 0.15) is 11.4 Å². The molecule has 5 nitrogen and oxygen atoms in total. The van der Waals surface area contributed by atoms with Gasteiger partial charge >= 0.3 is 0 Å². The normalized spacial score (nSPS) is 19.0. The molecule has 1 saturated carbocycles. The first-order chi connectivity index (χ1) is 14.2. The molecular weight excluding hydrogens is 362 g/mol. The first-order valence-corrected chi connectivity index (χ1v) is 10.3. The van der Waals surface area contributed by atoms with E-state index in [0.29, 0.717) is 17.2 Å². The van der Waals surface area contributed by atoms with E-state index in [1.165, 1.54) is 19.3 Å². The maximum atomic E-state index is 13.2. The second kappa shape index (κ2) is 8.52. The van der Waals surface area contributed by atoms with Crippen molar-refractivity contribution in [1.82, 2.24) is 15.1 Å². The molecule has 0 bridgehead atoms. The topological polar surface area (TPSA) is 56.2 Å². The van der Waals surface area contributed by atoms with Crippen LogP contribution >= 0.6 is 0 Å². The molecule has 3 aromatic rings. The number of para-hydroxylation sites is 1. The summed E-state index contributed by atoms with van der Waals surface area (Å²) in [5, 5.41) is 8.02. The molecule has 0 aliphatic heterocycles. The lowest BCUT2D eigenvalue weighted by atomic mass is 9.86. The fraction of sp³-hybridized carbons (Fsp3) is 0.333. The number of nitrogens with one attached hydrogen (secondary N) is 1. The van der Waals surface area contributed by atoms with Gasteiger partial charge < -0.3 is 10.1 Å². The van der Waals surface area contributed by atoms with Gasteiger partial charge in [0.25, 0.3) is 5.91 Å². The van der Waals surface area contributed by atoms with Gasteiger partial charge in [-0.2, -0.15) is 5.10 Å². The Balaban J connectivity index is 1.70. The van der Waals surface area contributed by atoms with E-state index < -0.39 is 0 Å². The van der Waals surface area contributed by atoms with Crippen LogP contribution in [0, 0.1) is 5.92 Å². The van der Waals surface area contributed by atoms with Gasteiger partial charge in [0, 0.05) is 17.8 Å². The SMILES string of the molecule is COc1ccc(-c2nn(-c3ccccc3)cc2C(=O)N[C@@H]2CCCC[C@@H]2C)cc1. The molecule has 2 aromatic carbocycles. The Bertz CT molecular complexity index is 964. The number of benzene rings is 2. The van der Waals surface area contributed by atoms with Gasteiger partial charge in [-0.3, -0.25) is 4.79 Å². The van der Waals surface area contributed by atoms with Gasteiger partial charge in [0.2, 0.25) is 0 Å². The third-order valence-electron chi connectivity index (χ3n) is 5.77. The lowest BCUT2D eigenvalue weighted by Gasteiger charge is -2.29. The number of carbonyl (C=O) groups excluding carboxylic acids is 1. The van der Waals surface area contributed by atoms with E-state index in [-0.39, 0.29) is 11.9 Å². The number of rotatable bonds is 5. The number of hydrogen-bond donors (Lipinski definition) is 1. The number of amides is 1. The van der Waals surface area contributed by atoms with Gasteiger partial charge in [-0.1, -0.05) is 38.0 Å². The minimum atomic E-state index is -0.0586. The molecule has 0 unspecified atom stereocenters. The summed E-state index contributed by atoms with van der Waals surface area (Å²) in [6.07, 6.45) is 6.45. The highest BCUT2D eigenvalue weighted by Crippen LogP contribution is 2.28. The van der Waals surface area contributed by atoms with E-state index in [9.17, 15) is 4.79 Å². The Labute approximate surface area is 171 Å². The van der Waals surface area contributed by atoms with E-state index in [4.69, 9.17) is 9.84 Å². The average molecular weight is 389 g/mol. The summed E-state index contributed by atoms with van der Waals surface area (Å²) in [5.41, 5.74) is 3.09. The van der Waals surface area contributed by atoms with Crippen molar-refractivity contribution in [3.63, 3.8) is 0 Å². The minimum Gasteiger partial charge on any atom is -0.497 e. The van der Waals surface area contributed by atoms with Crippen molar-refractivity contribution in [2.45, 2.75) is 38.6 Å². The maximum Gasteiger partial charge on any atom is 0.255 e. The highest BCUT2D eigenvalue weighted by atomic mass is 16.5. The zero-order valence-electron chi connectivity index (χ0n) is 17.0. The number of nitrogens with zero attached hydrogens (tertiary/aromatic N) is 2. The van der Waals surface area contributed by atoms with Gasteiger partial charge in [-0.25, -0.2) is 4.68 Å². The number of methoxy groups -OCH3 is 1. The predicted octanol–water partition coefficient (Wildman–Crippen LogP) is 4.86. The Hall–Kier alpha value is -3.08. The maximum absolute atomic E-state index is 13.2. The van der Waals surface area contributed by atoms with Gasteiger partial charge in [-0.05, 0) is 55.2 Å². The molecule has 1 aliphatic carbocycles. The molecule has 1 aliphatic rings. The zero-order valence-corrected chi connectivity index (χ0v) is 17.0. The summed E-state index contributed by atoms with van der Waals surface area (Å²) in [5.74, 6) is 1.22. The number of carbonyl (C=O) groups is 1. The van der Waals surface area contributed by atoms with Crippen LogP contribution in [0.4, 0.5) is 0 Å². The van der Waals surface area contributed by atoms with Gasteiger partial charge in [-0.15, -0.1) is 0 Å². The van der Waals surface area contributed by atoms with Gasteiger partial charge in [0.05, 0.1) is 18.4 Å². The summed E-state index contributed by atoms with van der Waals surface area (Å²) in [7, 11) is 1.64. The van der Waals surface area contributed by atoms with Crippen LogP contribution in [0.2, 0.25) is 0 Å². The average Bonchev–Trinajstić information content (AvgIpc) is 3.22. The third kappa shape index (κ3) is 4.19. The van der Waals surface area contributed by atoms with Crippen molar-refractivity contribution in [3.05, 3.63) is 66.4 Å². The second-order valence-corrected chi connectivity index (χ2v) is 7.74. The monoisotopic (exact) mass is 389 g/mol. The molecule has 0 saturated heterocycles. The predicted molar refractivity (Wildman–Crippen MR) is 114 cm³/mol. The fourth-order valence-corrected chi connectivity index (χ4v) is 3.99. The lowest BCUT2D eigenvalue weighted by molar-refractivity contribution is 0.0911. The van der Waals surface area contributed by atoms with Crippen molar-refractivity contribution < 1.29 is 9.53 Å². The van der Waals surface area contributed by atoms with Gasteiger partial charge in [0.15, 0.2) is 0 Å². The van der Waals surface area contributed by atoms with Crippen molar-refractivity contribution in [1.29, 1.82) is 0 Å².